The Balaban J connectivity index is 1.78. The van der Waals surface area contributed by atoms with Gasteiger partial charge in [-0.3, -0.25) is 4.79 Å². The summed E-state index contributed by atoms with van der Waals surface area (Å²) in [6, 6.07) is 7.13. The molecule has 0 unspecified atom stereocenters. The van der Waals surface area contributed by atoms with Gasteiger partial charge in [0.25, 0.3) is 0 Å². The highest BCUT2D eigenvalue weighted by Crippen LogP contribution is 2.30. The van der Waals surface area contributed by atoms with Crippen molar-refractivity contribution in [3.63, 3.8) is 0 Å². The van der Waals surface area contributed by atoms with Crippen molar-refractivity contribution < 1.29 is 19.0 Å². The van der Waals surface area contributed by atoms with Crippen LogP contribution in [0.3, 0.4) is 0 Å². The Kier molecular flexibility index (Phi) is 7.66. The van der Waals surface area contributed by atoms with E-state index in [1.54, 1.807) is 14.0 Å². The van der Waals surface area contributed by atoms with Gasteiger partial charge in [-0.05, 0) is 50.8 Å². The van der Waals surface area contributed by atoms with E-state index in [2.05, 4.69) is 6.58 Å². The van der Waals surface area contributed by atoms with Crippen molar-refractivity contribution in [1.82, 2.24) is 0 Å². The van der Waals surface area contributed by atoms with Crippen LogP contribution in [0.4, 0.5) is 0 Å². The van der Waals surface area contributed by atoms with Crippen molar-refractivity contribution in [2.45, 2.75) is 32.6 Å². The molecular weight excluding hydrogens is 352 g/mol. The first-order valence-electron chi connectivity index (χ1n) is 8.58. The summed E-state index contributed by atoms with van der Waals surface area (Å²) < 4.78 is 17.0. The first-order valence-corrected chi connectivity index (χ1v) is 9.40. The zero-order valence-electron chi connectivity index (χ0n) is 15.2. The van der Waals surface area contributed by atoms with Crippen LogP contribution in [0.15, 0.2) is 41.2 Å². The second-order valence-corrected chi connectivity index (χ2v) is 7.02. The van der Waals surface area contributed by atoms with E-state index in [-0.39, 0.29) is 10.7 Å². The van der Waals surface area contributed by atoms with Crippen LogP contribution in [0.25, 0.3) is 10.1 Å². The molecule has 0 aliphatic carbocycles. The minimum atomic E-state index is -0.339. The SMILES string of the molecule is C=C(C)C(=O)OCCCCCCOc1cc(=O)sc2ccc(OC)cc12. The summed E-state index contributed by atoms with van der Waals surface area (Å²) in [5.74, 6) is 0.991. The Morgan fingerprint density at radius 1 is 1.12 bits per heavy atom. The van der Waals surface area contributed by atoms with Gasteiger partial charge in [-0.1, -0.05) is 17.9 Å². The molecule has 140 valence electrons. The first kappa shape index (κ1) is 20.0. The molecule has 1 aromatic carbocycles. The van der Waals surface area contributed by atoms with E-state index < -0.39 is 0 Å². The Morgan fingerprint density at radius 2 is 1.85 bits per heavy atom. The molecule has 6 heteroatoms. The van der Waals surface area contributed by atoms with E-state index in [1.807, 2.05) is 18.2 Å². The number of fused-ring (bicyclic) bond motifs is 1. The lowest BCUT2D eigenvalue weighted by atomic mass is 10.2. The molecule has 0 radical (unpaired) electrons. The van der Waals surface area contributed by atoms with Crippen LogP contribution in [0.1, 0.15) is 32.6 Å². The summed E-state index contributed by atoms with van der Waals surface area (Å²) in [5.41, 5.74) is 0.420. The second kappa shape index (κ2) is 9.97. The summed E-state index contributed by atoms with van der Waals surface area (Å²) in [6.45, 7) is 6.12. The fourth-order valence-corrected chi connectivity index (χ4v) is 3.18. The zero-order valence-corrected chi connectivity index (χ0v) is 16.0. The molecule has 0 amide bonds. The fourth-order valence-electron chi connectivity index (χ4n) is 2.39. The summed E-state index contributed by atoms with van der Waals surface area (Å²) in [7, 11) is 1.61. The molecule has 0 saturated heterocycles. The molecule has 2 rings (SSSR count). The standard InChI is InChI=1S/C20H24O5S/c1-14(2)20(22)25-11-7-5-4-6-10-24-17-13-19(21)26-18-9-8-15(23-3)12-16(17)18/h8-9,12-13H,1,4-7,10-11H2,2-3H3. The Labute approximate surface area is 157 Å². The molecule has 0 bridgehead atoms. The number of benzene rings is 1. The molecular formula is C20H24O5S. The van der Waals surface area contributed by atoms with Gasteiger partial charge in [0, 0.05) is 21.7 Å². The Bertz CT molecular complexity index is 825. The van der Waals surface area contributed by atoms with Gasteiger partial charge in [0.05, 0.1) is 20.3 Å². The molecule has 2 aromatic rings. The van der Waals surface area contributed by atoms with E-state index >= 15 is 0 Å². The van der Waals surface area contributed by atoms with Crippen LogP contribution >= 0.6 is 11.3 Å². The largest absolute Gasteiger partial charge is 0.497 e. The maximum absolute atomic E-state index is 11.8. The topological polar surface area (TPSA) is 61.8 Å². The molecule has 0 atom stereocenters. The van der Waals surface area contributed by atoms with E-state index in [4.69, 9.17) is 14.2 Å². The number of ether oxygens (including phenoxy) is 3. The number of rotatable bonds is 10. The normalized spacial score (nSPS) is 10.5. The van der Waals surface area contributed by atoms with Gasteiger partial charge in [0.1, 0.15) is 11.5 Å². The quantitative estimate of drug-likeness (QED) is 0.351. The van der Waals surface area contributed by atoms with Crippen LogP contribution in [0, 0.1) is 0 Å². The minimum Gasteiger partial charge on any atom is -0.497 e. The average molecular weight is 376 g/mol. The summed E-state index contributed by atoms with van der Waals surface area (Å²) in [6.07, 6.45) is 3.60. The predicted octanol–water partition coefficient (Wildman–Crippen LogP) is 4.33. The number of hydrogen-bond acceptors (Lipinski definition) is 6. The summed E-state index contributed by atoms with van der Waals surface area (Å²) >= 11 is 1.19. The highest BCUT2D eigenvalue weighted by Gasteiger charge is 2.07. The van der Waals surface area contributed by atoms with E-state index in [9.17, 15) is 9.59 Å². The molecule has 0 N–H and O–H groups in total. The predicted molar refractivity (Wildman–Crippen MR) is 104 cm³/mol. The molecule has 1 aromatic heterocycles. The molecule has 1 heterocycles. The molecule has 0 saturated carbocycles. The smallest absolute Gasteiger partial charge is 0.333 e. The van der Waals surface area contributed by atoms with Crippen LogP contribution < -0.4 is 14.2 Å². The van der Waals surface area contributed by atoms with Crippen molar-refractivity contribution in [1.29, 1.82) is 0 Å². The molecule has 0 fully saturated rings. The van der Waals surface area contributed by atoms with Gasteiger partial charge >= 0.3 is 5.97 Å². The van der Waals surface area contributed by atoms with E-state index in [1.165, 1.54) is 17.4 Å². The maximum Gasteiger partial charge on any atom is 0.333 e. The Morgan fingerprint density at radius 3 is 2.54 bits per heavy atom. The number of carbonyl (C=O) groups is 1. The monoisotopic (exact) mass is 376 g/mol. The highest BCUT2D eigenvalue weighted by atomic mass is 32.1. The lowest BCUT2D eigenvalue weighted by molar-refractivity contribution is -0.139. The van der Waals surface area contributed by atoms with Crippen molar-refractivity contribution in [2.24, 2.45) is 0 Å². The third-order valence-corrected chi connectivity index (χ3v) is 4.68. The zero-order chi connectivity index (χ0) is 18.9. The lowest BCUT2D eigenvalue weighted by Crippen LogP contribution is -2.06. The van der Waals surface area contributed by atoms with Crippen LogP contribution in [-0.2, 0) is 9.53 Å². The molecule has 0 aliphatic rings. The van der Waals surface area contributed by atoms with Gasteiger partial charge in [-0.25, -0.2) is 4.79 Å². The van der Waals surface area contributed by atoms with Gasteiger partial charge in [0.15, 0.2) is 0 Å². The van der Waals surface area contributed by atoms with Crippen LogP contribution in [-0.4, -0.2) is 26.3 Å². The second-order valence-electron chi connectivity index (χ2n) is 5.97. The van der Waals surface area contributed by atoms with Crippen molar-refractivity contribution in [3.05, 3.63) is 46.0 Å². The number of esters is 1. The highest BCUT2D eigenvalue weighted by molar-refractivity contribution is 7.16. The Hall–Kier alpha value is -2.34. The fraction of sp³-hybridized carbons (Fsp3) is 0.400. The number of carbonyl (C=O) groups excluding carboxylic acids is 1. The average Bonchev–Trinajstić information content (AvgIpc) is 2.62. The lowest BCUT2D eigenvalue weighted by Gasteiger charge is -2.10. The third-order valence-electron chi connectivity index (χ3n) is 3.79. The molecule has 0 spiro atoms. The summed E-state index contributed by atoms with van der Waals surface area (Å²) in [4.78, 5) is 23.1. The first-order chi connectivity index (χ1) is 12.5. The van der Waals surface area contributed by atoms with Crippen molar-refractivity contribution in [2.75, 3.05) is 20.3 Å². The molecule has 5 nitrogen and oxygen atoms in total. The van der Waals surface area contributed by atoms with Gasteiger partial charge in [-0.2, -0.15) is 0 Å². The van der Waals surface area contributed by atoms with Gasteiger partial charge in [0.2, 0.25) is 4.74 Å². The van der Waals surface area contributed by atoms with Crippen LogP contribution in [0.2, 0.25) is 0 Å². The van der Waals surface area contributed by atoms with E-state index in [0.717, 1.165) is 41.5 Å². The van der Waals surface area contributed by atoms with Crippen LogP contribution in [0.5, 0.6) is 11.5 Å². The number of unbranched alkanes of at least 4 members (excludes halogenated alkanes) is 3. The number of hydrogen-bond donors (Lipinski definition) is 0. The van der Waals surface area contributed by atoms with Gasteiger partial charge in [-0.15, -0.1) is 0 Å². The summed E-state index contributed by atoms with van der Waals surface area (Å²) in [5, 5.41) is 0.889. The maximum atomic E-state index is 11.8. The van der Waals surface area contributed by atoms with Crippen molar-refractivity contribution in [3.8, 4) is 11.5 Å². The molecule has 26 heavy (non-hydrogen) atoms. The van der Waals surface area contributed by atoms with Gasteiger partial charge < -0.3 is 14.2 Å². The minimum absolute atomic E-state index is 0.0306. The molecule has 0 aliphatic heterocycles. The van der Waals surface area contributed by atoms with E-state index in [0.29, 0.717) is 24.5 Å². The third kappa shape index (κ3) is 5.88. The number of methoxy groups -OCH3 is 1. The van der Waals surface area contributed by atoms with Crippen molar-refractivity contribution >= 4 is 27.4 Å².